The average molecular weight is 257 g/mol. The van der Waals surface area contributed by atoms with Crippen molar-refractivity contribution in [2.45, 2.75) is 26.8 Å². The molecule has 19 heavy (non-hydrogen) atoms. The zero-order valence-electron chi connectivity index (χ0n) is 11.7. The van der Waals surface area contributed by atoms with E-state index in [-0.39, 0.29) is 5.82 Å². The fourth-order valence-corrected chi connectivity index (χ4v) is 2.35. The smallest absolute Gasteiger partial charge is 0.123 e. The van der Waals surface area contributed by atoms with Gasteiger partial charge >= 0.3 is 0 Å². The summed E-state index contributed by atoms with van der Waals surface area (Å²) in [7, 11) is 0. The van der Waals surface area contributed by atoms with E-state index >= 15 is 0 Å². The van der Waals surface area contributed by atoms with E-state index in [1.165, 1.54) is 11.6 Å². The number of rotatable bonds is 4. The number of aryl methyl sites for hydroxylation is 1. The van der Waals surface area contributed by atoms with E-state index in [1.807, 2.05) is 13.0 Å². The lowest BCUT2D eigenvalue weighted by molar-refractivity contribution is 0.598. The number of hydrogen-bond acceptors (Lipinski definition) is 1. The van der Waals surface area contributed by atoms with Gasteiger partial charge in [0.2, 0.25) is 0 Å². The second-order valence-corrected chi connectivity index (χ2v) is 4.86. The van der Waals surface area contributed by atoms with Gasteiger partial charge in [-0.1, -0.05) is 31.2 Å². The van der Waals surface area contributed by atoms with Crippen molar-refractivity contribution >= 4 is 0 Å². The molecule has 0 aromatic heterocycles. The fourth-order valence-electron chi connectivity index (χ4n) is 2.35. The van der Waals surface area contributed by atoms with E-state index in [0.717, 1.165) is 23.2 Å². The maximum Gasteiger partial charge on any atom is 0.123 e. The van der Waals surface area contributed by atoms with Gasteiger partial charge in [0, 0.05) is 6.04 Å². The topological polar surface area (TPSA) is 12.0 Å². The summed E-state index contributed by atoms with van der Waals surface area (Å²) in [6.07, 6.45) is 0. The quantitative estimate of drug-likeness (QED) is 0.852. The SMILES string of the molecule is CCNC(C)c1cccc(-c2ccc(F)cc2C)c1. The Labute approximate surface area is 114 Å². The second kappa shape index (κ2) is 5.98. The molecular formula is C17H20FN. The van der Waals surface area contributed by atoms with Crippen LogP contribution in [0.15, 0.2) is 42.5 Å². The molecule has 1 nitrogen and oxygen atoms in total. The van der Waals surface area contributed by atoms with Gasteiger partial charge in [0.15, 0.2) is 0 Å². The van der Waals surface area contributed by atoms with Crippen molar-refractivity contribution in [3.05, 3.63) is 59.4 Å². The summed E-state index contributed by atoms with van der Waals surface area (Å²) in [4.78, 5) is 0. The van der Waals surface area contributed by atoms with Crippen LogP contribution in [0.1, 0.15) is 31.0 Å². The highest BCUT2D eigenvalue weighted by atomic mass is 19.1. The van der Waals surface area contributed by atoms with Crippen LogP contribution in [-0.4, -0.2) is 6.54 Å². The molecule has 1 N–H and O–H groups in total. The number of halogens is 1. The Morgan fingerprint density at radius 1 is 1.16 bits per heavy atom. The van der Waals surface area contributed by atoms with Crippen molar-refractivity contribution in [2.24, 2.45) is 0 Å². The molecular weight excluding hydrogens is 237 g/mol. The van der Waals surface area contributed by atoms with Crippen LogP contribution in [0.25, 0.3) is 11.1 Å². The van der Waals surface area contributed by atoms with Crippen molar-refractivity contribution in [3.8, 4) is 11.1 Å². The minimum absolute atomic E-state index is 0.182. The zero-order chi connectivity index (χ0) is 13.8. The van der Waals surface area contributed by atoms with Crippen molar-refractivity contribution < 1.29 is 4.39 Å². The molecule has 0 fully saturated rings. The lowest BCUT2D eigenvalue weighted by Crippen LogP contribution is -2.17. The standard InChI is InChI=1S/C17H20FN/c1-4-19-13(3)14-6-5-7-15(11-14)17-9-8-16(18)10-12(17)2/h5-11,13,19H,4H2,1-3H3. The van der Waals surface area contributed by atoms with Crippen LogP contribution in [0, 0.1) is 12.7 Å². The highest BCUT2D eigenvalue weighted by Gasteiger charge is 2.07. The van der Waals surface area contributed by atoms with Crippen molar-refractivity contribution in [2.75, 3.05) is 6.54 Å². The predicted octanol–water partition coefficient (Wildman–Crippen LogP) is 4.47. The Kier molecular flexibility index (Phi) is 4.33. The molecule has 1 atom stereocenters. The van der Waals surface area contributed by atoms with Crippen LogP contribution in [0.3, 0.4) is 0 Å². The molecule has 0 heterocycles. The maximum absolute atomic E-state index is 13.2. The van der Waals surface area contributed by atoms with Gasteiger partial charge in [0.25, 0.3) is 0 Å². The number of hydrogen-bond donors (Lipinski definition) is 1. The molecule has 2 aromatic rings. The zero-order valence-corrected chi connectivity index (χ0v) is 11.7. The highest BCUT2D eigenvalue weighted by molar-refractivity contribution is 5.67. The Hall–Kier alpha value is -1.67. The number of benzene rings is 2. The summed E-state index contributed by atoms with van der Waals surface area (Å²) >= 11 is 0. The number of nitrogens with one attached hydrogen (secondary N) is 1. The molecule has 0 spiro atoms. The van der Waals surface area contributed by atoms with Crippen molar-refractivity contribution in [1.82, 2.24) is 5.32 Å². The first-order valence-electron chi connectivity index (χ1n) is 6.71. The van der Waals surface area contributed by atoms with Crippen LogP contribution in [0.5, 0.6) is 0 Å². The first-order chi connectivity index (χ1) is 9.11. The first kappa shape index (κ1) is 13.8. The normalized spacial score (nSPS) is 12.4. The predicted molar refractivity (Wildman–Crippen MR) is 78.7 cm³/mol. The second-order valence-electron chi connectivity index (χ2n) is 4.86. The third-order valence-corrected chi connectivity index (χ3v) is 3.40. The molecule has 2 aromatic carbocycles. The summed E-state index contributed by atoms with van der Waals surface area (Å²) < 4.78 is 13.2. The highest BCUT2D eigenvalue weighted by Crippen LogP contribution is 2.26. The van der Waals surface area contributed by atoms with E-state index in [2.05, 4.69) is 43.4 Å². The molecule has 0 radical (unpaired) electrons. The lowest BCUT2D eigenvalue weighted by atomic mass is 9.97. The molecule has 0 amide bonds. The van der Waals surface area contributed by atoms with E-state index in [9.17, 15) is 4.39 Å². The third kappa shape index (κ3) is 3.21. The maximum atomic E-state index is 13.2. The van der Waals surface area contributed by atoms with Gasteiger partial charge < -0.3 is 5.32 Å². The van der Waals surface area contributed by atoms with E-state index in [1.54, 1.807) is 6.07 Å². The molecule has 100 valence electrons. The summed E-state index contributed by atoms with van der Waals surface area (Å²) in [6.45, 7) is 7.14. The van der Waals surface area contributed by atoms with Gasteiger partial charge in [0.05, 0.1) is 0 Å². The monoisotopic (exact) mass is 257 g/mol. The Morgan fingerprint density at radius 2 is 1.95 bits per heavy atom. The van der Waals surface area contributed by atoms with Crippen LogP contribution in [0.4, 0.5) is 4.39 Å². The molecule has 0 saturated carbocycles. The minimum Gasteiger partial charge on any atom is -0.310 e. The molecule has 1 unspecified atom stereocenters. The van der Waals surface area contributed by atoms with E-state index in [0.29, 0.717) is 6.04 Å². The van der Waals surface area contributed by atoms with Gasteiger partial charge in [-0.15, -0.1) is 0 Å². The van der Waals surface area contributed by atoms with E-state index in [4.69, 9.17) is 0 Å². The van der Waals surface area contributed by atoms with E-state index < -0.39 is 0 Å². The van der Waals surface area contributed by atoms with Crippen molar-refractivity contribution in [1.29, 1.82) is 0 Å². The molecule has 0 aliphatic rings. The molecule has 0 aliphatic carbocycles. The van der Waals surface area contributed by atoms with Crippen LogP contribution in [0.2, 0.25) is 0 Å². The van der Waals surface area contributed by atoms with Crippen LogP contribution >= 0.6 is 0 Å². The Bertz CT molecular complexity index is 563. The minimum atomic E-state index is -0.182. The van der Waals surface area contributed by atoms with Crippen molar-refractivity contribution in [3.63, 3.8) is 0 Å². The van der Waals surface area contributed by atoms with Crippen LogP contribution < -0.4 is 5.32 Å². The largest absolute Gasteiger partial charge is 0.310 e. The summed E-state index contributed by atoms with van der Waals surface area (Å²) in [5.74, 6) is -0.182. The van der Waals surface area contributed by atoms with Gasteiger partial charge in [0.1, 0.15) is 5.82 Å². The van der Waals surface area contributed by atoms with Gasteiger partial charge in [-0.3, -0.25) is 0 Å². The van der Waals surface area contributed by atoms with Gasteiger partial charge in [-0.2, -0.15) is 0 Å². The summed E-state index contributed by atoms with van der Waals surface area (Å²) in [6, 6.07) is 13.7. The molecule has 2 rings (SSSR count). The third-order valence-electron chi connectivity index (χ3n) is 3.40. The molecule has 0 bridgehead atoms. The lowest BCUT2D eigenvalue weighted by Gasteiger charge is -2.14. The average Bonchev–Trinajstić information content (AvgIpc) is 2.39. The van der Waals surface area contributed by atoms with Gasteiger partial charge in [-0.05, 0) is 60.8 Å². The van der Waals surface area contributed by atoms with Crippen LogP contribution in [-0.2, 0) is 0 Å². The summed E-state index contributed by atoms with van der Waals surface area (Å²) in [5, 5.41) is 3.40. The molecule has 0 aliphatic heterocycles. The first-order valence-corrected chi connectivity index (χ1v) is 6.71. The molecule has 0 saturated heterocycles. The van der Waals surface area contributed by atoms with Gasteiger partial charge in [-0.25, -0.2) is 4.39 Å². The summed E-state index contributed by atoms with van der Waals surface area (Å²) in [5.41, 5.74) is 4.45. The Balaban J connectivity index is 2.37. The molecule has 2 heteroatoms. The Morgan fingerprint density at radius 3 is 2.63 bits per heavy atom. The fraction of sp³-hybridized carbons (Fsp3) is 0.294.